The number of H-pyrrole nitrogens is 2. The Bertz CT molecular complexity index is 1390. The molecule has 2 heterocycles. The van der Waals surface area contributed by atoms with Gasteiger partial charge in [-0.15, -0.1) is 0 Å². The first-order valence-electron chi connectivity index (χ1n) is 10.2. The van der Waals surface area contributed by atoms with Crippen LogP contribution in [0.2, 0.25) is 5.02 Å². The van der Waals surface area contributed by atoms with Crippen molar-refractivity contribution < 1.29 is 10.3 Å². The van der Waals surface area contributed by atoms with Crippen molar-refractivity contribution in [2.75, 3.05) is 18.9 Å². The summed E-state index contributed by atoms with van der Waals surface area (Å²) in [5, 5.41) is 32.5. The Labute approximate surface area is 194 Å². The zero-order valence-electron chi connectivity index (χ0n) is 18.0. The molecule has 4 rings (SSSR count). The van der Waals surface area contributed by atoms with Crippen LogP contribution >= 0.6 is 11.6 Å². The minimum atomic E-state index is -0.835. The van der Waals surface area contributed by atoms with Crippen molar-refractivity contribution >= 4 is 34.2 Å². The van der Waals surface area contributed by atoms with Crippen molar-refractivity contribution in [1.82, 2.24) is 20.0 Å². The van der Waals surface area contributed by atoms with Gasteiger partial charge < -0.3 is 20.4 Å². The highest BCUT2D eigenvalue weighted by Gasteiger charge is 2.18. The maximum atomic E-state index is 12.7. The van der Waals surface area contributed by atoms with Crippen LogP contribution in [0.1, 0.15) is 22.8 Å². The SMILES string of the molecule is Cc1cc(C(=N)N(C)O)cc2[nH]c(-c3c(NCC(O)c4cccc(Cl)c4)cc[nH]c3=O)nc12. The molecule has 0 saturated carbocycles. The number of amidine groups is 1. The molecular formula is C23H23ClN6O3. The molecule has 0 fully saturated rings. The molecule has 0 aliphatic carbocycles. The van der Waals surface area contributed by atoms with Gasteiger partial charge in [0.25, 0.3) is 5.56 Å². The molecule has 0 bridgehead atoms. The number of aromatic nitrogens is 3. The van der Waals surface area contributed by atoms with Gasteiger partial charge in [-0.25, -0.2) is 10.0 Å². The fraction of sp³-hybridized carbons (Fsp3) is 0.174. The van der Waals surface area contributed by atoms with E-state index in [9.17, 15) is 15.1 Å². The second kappa shape index (κ2) is 9.07. The molecule has 0 spiro atoms. The van der Waals surface area contributed by atoms with Crippen LogP contribution in [0.15, 0.2) is 53.5 Å². The van der Waals surface area contributed by atoms with E-state index in [1.807, 2.05) is 6.92 Å². The van der Waals surface area contributed by atoms with Gasteiger partial charge in [-0.1, -0.05) is 23.7 Å². The van der Waals surface area contributed by atoms with E-state index in [2.05, 4.69) is 20.3 Å². The second-order valence-corrected chi connectivity index (χ2v) is 8.13. The van der Waals surface area contributed by atoms with E-state index in [0.29, 0.717) is 44.3 Å². The Morgan fingerprint density at radius 3 is 2.82 bits per heavy atom. The molecule has 1 unspecified atom stereocenters. The summed E-state index contributed by atoms with van der Waals surface area (Å²) in [5.41, 5.74) is 3.67. The minimum absolute atomic E-state index is 0.0638. The zero-order valence-corrected chi connectivity index (χ0v) is 18.7. The molecule has 9 nitrogen and oxygen atoms in total. The Morgan fingerprint density at radius 1 is 1.30 bits per heavy atom. The van der Waals surface area contributed by atoms with Crippen LogP contribution in [0, 0.1) is 12.3 Å². The third kappa shape index (κ3) is 4.61. The van der Waals surface area contributed by atoms with E-state index in [1.54, 1.807) is 42.5 Å². The number of benzene rings is 2. The summed E-state index contributed by atoms with van der Waals surface area (Å²) in [4.78, 5) is 23.1. The van der Waals surface area contributed by atoms with E-state index < -0.39 is 6.10 Å². The van der Waals surface area contributed by atoms with Crippen molar-refractivity contribution in [3.05, 3.63) is 80.7 Å². The fourth-order valence-electron chi connectivity index (χ4n) is 3.63. The summed E-state index contributed by atoms with van der Waals surface area (Å²) in [6.45, 7) is 2.00. The number of aliphatic hydroxyl groups excluding tert-OH is 1. The number of halogens is 1. The molecule has 2 aromatic carbocycles. The maximum Gasteiger partial charge on any atom is 0.261 e. The number of aryl methyl sites for hydroxylation is 1. The molecule has 0 amide bonds. The Kier molecular flexibility index (Phi) is 6.19. The molecule has 0 radical (unpaired) electrons. The molecule has 4 aromatic rings. The average Bonchev–Trinajstić information content (AvgIpc) is 3.21. The van der Waals surface area contributed by atoms with Gasteiger partial charge >= 0.3 is 0 Å². The third-order valence-electron chi connectivity index (χ3n) is 5.29. The normalized spacial score (nSPS) is 12.0. The van der Waals surface area contributed by atoms with Gasteiger partial charge in [0.1, 0.15) is 11.4 Å². The fourth-order valence-corrected chi connectivity index (χ4v) is 3.83. The largest absolute Gasteiger partial charge is 0.387 e. The zero-order chi connectivity index (χ0) is 23.7. The Hall–Kier alpha value is -3.66. The van der Waals surface area contributed by atoms with Gasteiger partial charge in [-0.3, -0.25) is 15.4 Å². The lowest BCUT2D eigenvalue weighted by atomic mass is 10.1. The van der Waals surface area contributed by atoms with Gasteiger partial charge in [0, 0.05) is 30.4 Å². The van der Waals surface area contributed by atoms with Gasteiger partial charge in [-0.2, -0.15) is 0 Å². The number of pyridine rings is 1. The molecule has 170 valence electrons. The van der Waals surface area contributed by atoms with Crippen molar-refractivity contribution in [2.24, 2.45) is 0 Å². The van der Waals surface area contributed by atoms with E-state index in [4.69, 9.17) is 17.0 Å². The van der Waals surface area contributed by atoms with Crippen LogP contribution in [0.4, 0.5) is 5.69 Å². The highest BCUT2D eigenvalue weighted by Crippen LogP contribution is 2.27. The summed E-state index contributed by atoms with van der Waals surface area (Å²) >= 11 is 6.01. The van der Waals surface area contributed by atoms with Crippen LogP contribution in [0.25, 0.3) is 22.4 Å². The number of rotatable bonds is 6. The molecule has 0 aliphatic rings. The summed E-state index contributed by atoms with van der Waals surface area (Å²) in [6, 6.07) is 12.1. The van der Waals surface area contributed by atoms with Crippen molar-refractivity contribution in [3.8, 4) is 11.4 Å². The van der Waals surface area contributed by atoms with Crippen molar-refractivity contribution in [1.29, 1.82) is 5.41 Å². The van der Waals surface area contributed by atoms with Crippen LogP contribution in [-0.2, 0) is 0 Å². The average molecular weight is 467 g/mol. The highest BCUT2D eigenvalue weighted by molar-refractivity contribution is 6.30. The molecule has 6 N–H and O–H groups in total. The molecule has 1 atom stereocenters. The van der Waals surface area contributed by atoms with Gasteiger partial charge in [0.05, 0.1) is 22.8 Å². The number of imidazole rings is 1. The number of nitrogens with one attached hydrogen (secondary N) is 4. The first-order chi connectivity index (χ1) is 15.7. The number of aromatic amines is 2. The molecule has 10 heteroatoms. The van der Waals surface area contributed by atoms with Gasteiger partial charge in [-0.05, 0) is 48.4 Å². The Balaban J connectivity index is 1.69. The quantitative estimate of drug-likeness (QED) is 0.145. The number of hydrogen-bond donors (Lipinski definition) is 6. The summed E-state index contributed by atoms with van der Waals surface area (Å²) < 4.78 is 0. The molecular weight excluding hydrogens is 444 g/mol. The topological polar surface area (TPSA) is 141 Å². The monoisotopic (exact) mass is 466 g/mol. The van der Waals surface area contributed by atoms with E-state index in [0.717, 1.165) is 10.6 Å². The Morgan fingerprint density at radius 2 is 2.09 bits per heavy atom. The lowest BCUT2D eigenvalue weighted by molar-refractivity contribution is 0.0133. The summed E-state index contributed by atoms with van der Waals surface area (Å²) in [5.74, 6) is 0.279. The molecule has 0 aliphatic heterocycles. The lowest BCUT2D eigenvalue weighted by Crippen LogP contribution is -2.22. The highest BCUT2D eigenvalue weighted by atomic mass is 35.5. The van der Waals surface area contributed by atoms with Crippen molar-refractivity contribution in [3.63, 3.8) is 0 Å². The first kappa shape index (κ1) is 22.5. The molecule has 33 heavy (non-hydrogen) atoms. The van der Waals surface area contributed by atoms with E-state index in [1.165, 1.54) is 13.2 Å². The lowest BCUT2D eigenvalue weighted by Gasteiger charge is -2.15. The number of fused-ring (bicyclic) bond motifs is 1. The predicted octanol–water partition coefficient (Wildman–Crippen LogP) is 3.67. The smallest absolute Gasteiger partial charge is 0.261 e. The van der Waals surface area contributed by atoms with Crippen LogP contribution in [0.3, 0.4) is 0 Å². The molecule has 2 aromatic heterocycles. The van der Waals surface area contributed by atoms with Crippen LogP contribution < -0.4 is 10.9 Å². The summed E-state index contributed by atoms with van der Waals surface area (Å²) in [7, 11) is 1.37. The van der Waals surface area contributed by atoms with Gasteiger partial charge in [0.2, 0.25) is 0 Å². The van der Waals surface area contributed by atoms with Crippen molar-refractivity contribution in [2.45, 2.75) is 13.0 Å². The first-order valence-corrected chi connectivity index (χ1v) is 10.5. The summed E-state index contributed by atoms with van der Waals surface area (Å²) in [6.07, 6.45) is 0.683. The second-order valence-electron chi connectivity index (χ2n) is 7.69. The van der Waals surface area contributed by atoms with Gasteiger partial charge in [0.15, 0.2) is 5.84 Å². The maximum absolute atomic E-state index is 12.7. The minimum Gasteiger partial charge on any atom is -0.387 e. The number of hydroxylamine groups is 2. The standard InChI is InChI=1S/C23H23ClN6O3/c1-12-8-14(21(25)30(2)33)10-17-20(12)29-22(28-17)19-16(6-7-26-23(19)32)27-11-18(31)13-4-3-5-15(24)9-13/h3-10,18,25,31,33H,11H2,1-2H3,(H,28,29)(H2,26,27,32). The third-order valence-corrected chi connectivity index (χ3v) is 5.53. The predicted molar refractivity (Wildman–Crippen MR) is 128 cm³/mol. The number of anilines is 1. The van der Waals surface area contributed by atoms with E-state index >= 15 is 0 Å². The number of aliphatic hydroxyl groups is 1. The molecule has 0 saturated heterocycles. The van der Waals surface area contributed by atoms with Crippen LogP contribution in [-0.4, -0.2) is 49.8 Å². The van der Waals surface area contributed by atoms with Crippen LogP contribution in [0.5, 0.6) is 0 Å². The van der Waals surface area contributed by atoms with E-state index in [-0.39, 0.29) is 17.9 Å². The number of hydrogen-bond acceptors (Lipinski definition) is 6. The number of nitrogens with zero attached hydrogens (tertiary/aromatic N) is 2.